The van der Waals surface area contributed by atoms with E-state index in [-0.39, 0.29) is 22.8 Å². The monoisotopic (exact) mass is 361 g/mol. The van der Waals surface area contributed by atoms with Crippen molar-refractivity contribution in [3.8, 4) is 11.5 Å². The highest BCUT2D eigenvalue weighted by Crippen LogP contribution is 2.29. The molecule has 10 heteroatoms. The summed E-state index contributed by atoms with van der Waals surface area (Å²) >= 11 is 0. The molecule has 0 aliphatic carbocycles. The molecule has 0 atom stereocenters. The van der Waals surface area contributed by atoms with Crippen molar-refractivity contribution in [2.24, 2.45) is 0 Å². The molecular formula is C16H15N3O7. The predicted molar refractivity (Wildman–Crippen MR) is 91.6 cm³/mol. The van der Waals surface area contributed by atoms with E-state index in [1.807, 2.05) is 0 Å². The fourth-order valence-corrected chi connectivity index (χ4v) is 2.13. The Kier molecular flexibility index (Phi) is 5.68. The number of carbonyl (C=O) groups is 1. The minimum atomic E-state index is -0.639. The molecule has 0 radical (unpaired) electrons. The van der Waals surface area contributed by atoms with Crippen LogP contribution in [0.25, 0.3) is 0 Å². The molecule has 1 N–H and O–H groups in total. The molecule has 2 aromatic carbocycles. The van der Waals surface area contributed by atoms with Gasteiger partial charge in [0.1, 0.15) is 17.2 Å². The van der Waals surface area contributed by atoms with E-state index in [4.69, 9.17) is 9.47 Å². The van der Waals surface area contributed by atoms with Gasteiger partial charge < -0.3 is 14.8 Å². The van der Waals surface area contributed by atoms with Crippen LogP contribution in [0.5, 0.6) is 11.5 Å². The molecule has 26 heavy (non-hydrogen) atoms. The lowest BCUT2D eigenvalue weighted by molar-refractivity contribution is -0.384. The molecule has 1 amide bonds. The van der Waals surface area contributed by atoms with Crippen molar-refractivity contribution >= 4 is 23.0 Å². The van der Waals surface area contributed by atoms with Crippen LogP contribution < -0.4 is 14.8 Å². The molecule has 0 aliphatic rings. The molecule has 0 saturated heterocycles. The largest absolute Gasteiger partial charge is 0.496 e. The third-order valence-corrected chi connectivity index (χ3v) is 3.40. The second kappa shape index (κ2) is 7.92. The molecule has 0 saturated carbocycles. The van der Waals surface area contributed by atoms with Crippen LogP contribution in [0.1, 0.15) is 5.56 Å². The van der Waals surface area contributed by atoms with Crippen molar-refractivity contribution in [3.05, 3.63) is 62.2 Å². The number of hydrogen-bond donors (Lipinski definition) is 1. The Morgan fingerprint density at radius 3 is 2.42 bits per heavy atom. The molecule has 0 bridgehead atoms. The number of hydrogen-bond acceptors (Lipinski definition) is 7. The number of nitro groups is 2. The summed E-state index contributed by atoms with van der Waals surface area (Å²) in [5.74, 6) is -0.0292. The fourth-order valence-electron chi connectivity index (χ4n) is 2.13. The fraction of sp³-hybridized carbons (Fsp3) is 0.188. The lowest BCUT2D eigenvalue weighted by Gasteiger charge is -2.10. The summed E-state index contributed by atoms with van der Waals surface area (Å²) < 4.78 is 10.2. The van der Waals surface area contributed by atoms with Gasteiger partial charge in [0.2, 0.25) is 0 Å². The number of nitrogens with zero attached hydrogens (tertiary/aromatic N) is 2. The van der Waals surface area contributed by atoms with Gasteiger partial charge >= 0.3 is 0 Å². The number of carbonyl (C=O) groups excluding carboxylic acids is 1. The smallest absolute Gasteiger partial charge is 0.296 e. The molecule has 0 spiro atoms. The number of methoxy groups -OCH3 is 1. The van der Waals surface area contributed by atoms with Crippen molar-refractivity contribution in [2.75, 3.05) is 19.0 Å². The molecule has 0 heterocycles. The van der Waals surface area contributed by atoms with Crippen molar-refractivity contribution in [2.45, 2.75) is 6.92 Å². The maximum Gasteiger partial charge on any atom is 0.296 e. The van der Waals surface area contributed by atoms with E-state index in [0.717, 1.165) is 0 Å². The average Bonchev–Trinajstić information content (AvgIpc) is 2.60. The first-order valence-electron chi connectivity index (χ1n) is 7.32. The lowest BCUT2D eigenvalue weighted by atomic mass is 10.2. The number of aryl methyl sites for hydroxylation is 1. The van der Waals surface area contributed by atoms with Gasteiger partial charge in [0.05, 0.1) is 23.0 Å². The molecule has 2 aromatic rings. The summed E-state index contributed by atoms with van der Waals surface area (Å²) in [5, 5.41) is 24.2. The van der Waals surface area contributed by atoms with Crippen molar-refractivity contribution in [3.63, 3.8) is 0 Å². The molecule has 136 valence electrons. The molecule has 2 rings (SSSR count). The lowest BCUT2D eigenvalue weighted by Crippen LogP contribution is -2.21. The quantitative estimate of drug-likeness (QED) is 0.592. The van der Waals surface area contributed by atoms with Crippen molar-refractivity contribution in [1.29, 1.82) is 0 Å². The zero-order valence-electron chi connectivity index (χ0n) is 13.9. The first kappa shape index (κ1) is 18.6. The van der Waals surface area contributed by atoms with Crippen molar-refractivity contribution in [1.82, 2.24) is 0 Å². The van der Waals surface area contributed by atoms with Gasteiger partial charge in [-0.1, -0.05) is 0 Å². The first-order valence-corrected chi connectivity index (χ1v) is 7.32. The van der Waals surface area contributed by atoms with Gasteiger partial charge in [-0.15, -0.1) is 0 Å². The van der Waals surface area contributed by atoms with Gasteiger partial charge in [-0.2, -0.15) is 0 Å². The number of non-ortho nitro benzene ring substituents is 1. The number of anilines is 1. The van der Waals surface area contributed by atoms with Crippen LogP contribution in [0.3, 0.4) is 0 Å². The van der Waals surface area contributed by atoms with Crippen LogP contribution in [0.15, 0.2) is 36.4 Å². The number of amides is 1. The number of ether oxygens (including phenoxy) is 2. The Morgan fingerprint density at radius 1 is 1.12 bits per heavy atom. The third-order valence-electron chi connectivity index (χ3n) is 3.40. The van der Waals surface area contributed by atoms with Crippen LogP contribution in [-0.4, -0.2) is 29.5 Å². The molecule has 0 aliphatic heterocycles. The van der Waals surface area contributed by atoms with Crippen LogP contribution in [0.2, 0.25) is 0 Å². The highest BCUT2D eigenvalue weighted by atomic mass is 16.6. The first-order chi connectivity index (χ1) is 12.3. The van der Waals surface area contributed by atoms with Gasteiger partial charge in [0, 0.05) is 12.1 Å². The maximum atomic E-state index is 12.0. The standard InChI is InChI=1S/C16H15N3O7/c1-10-7-11(18(21)22)3-6-15(10)26-9-16(20)17-13-5-4-12(25-2)8-14(13)19(23)24/h3-8H,9H2,1-2H3,(H,17,20). The minimum absolute atomic E-state index is 0.00446. The van der Waals surface area contributed by atoms with Gasteiger partial charge in [0.15, 0.2) is 6.61 Å². The summed E-state index contributed by atoms with van der Waals surface area (Å²) in [5.41, 5.74) is 0.0876. The molecule has 0 aromatic heterocycles. The Labute approximate surface area is 147 Å². The van der Waals surface area contributed by atoms with E-state index < -0.39 is 22.4 Å². The summed E-state index contributed by atoms with van der Waals surface area (Å²) in [6.07, 6.45) is 0. The second-order valence-corrected chi connectivity index (χ2v) is 5.18. The Balaban J connectivity index is 2.06. The summed E-state index contributed by atoms with van der Waals surface area (Å²) in [4.78, 5) is 32.6. The Hall–Kier alpha value is -3.69. The third kappa shape index (κ3) is 4.44. The van der Waals surface area contributed by atoms with Gasteiger partial charge in [-0.05, 0) is 30.7 Å². The number of rotatable bonds is 7. The van der Waals surface area contributed by atoms with Crippen LogP contribution in [0.4, 0.5) is 17.1 Å². The SMILES string of the molecule is COc1ccc(NC(=O)COc2ccc([N+](=O)[O-])cc2C)c([N+](=O)[O-])c1. The average molecular weight is 361 g/mol. The normalized spacial score (nSPS) is 10.1. The van der Waals surface area contributed by atoms with Crippen LogP contribution in [0, 0.1) is 27.2 Å². The summed E-state index contributed by atoms with van der Waals surface area (Å²) in [6.45, 7) is 1.19. The Morgan fingerprint density at radius 2 is 1.85 bits per heavy atom. The number of nitro benzene ring substituents is 2. The minimum Gasteiger partial charge on any atom is -0.496 e. The van der Waals surface area contributed by atoms with E-state index in [1.165, 1.54) is 43.5 Å². The van der Waals surface area contributed by atoms with Crippen LogP contribution in [-0.2, 0) is 4.79 Å². The predicted octanol–water partition coefficient (Wildman–Crippen LogP) is 2.84. The molecule has 0 unspecified atom stereocenters. The van der Waals surface area contributed by atoms with Gasteiger partial charge in [0.25, 0.3) is 17.3 Å². The second-order valence-electron chi connectivity index (χ2n) is 5.18. The molecule has 0 fully saturated rings. The van der Waals surface area contributed by atoms with Crippen LogP contribution >= 0.6 is 0 Å². The zero-order valence-corrected chi connectivity index (χ0v) is 13.9. The van der Waals surface area contributed by atoms with E-state index in [2.05, 4.69) is 5.32 Å². The van der Waals surface area contributed by atoms with Gasteiger partial charge in [-0.25, -0.2) is 0 Å². The van der Waals surface area contributed by atoms with E-state index in [9.17, 15) is 25.0 Å². The number of benzene rings is 2. The van der Waals surface area contributed by atoms with E-state index >= 15 is 0 Å². The number of nitrogens with one attached hydrogen (secondary N) is 1. The summed E-state index contributed by atoms with van der Waals surface area (Å²) in [7, 11) is 1.37. The molecule has 10 nitrogen and oxygen atoms in total. The van der Waals surface area contributed by atoms with Gasteiger partial charge in [-0.3, -0.25) is 25.0 Å². The van der Waals surface area contributed by atoms with Crippen molar-refractivity contribution < 1.29 is 24.1 Å². The maximum absolute atomic E-state index is 12.0. The van der Waals surface area contributed by atoms with E-state index in [0.29, 0.717) is 11.3 Å². The van der Waals surface area contributed by atoms with E-state index in [1.54, 1.807) is 6.92 Å². The summed E-state index contributed by atoms with van der Waals surface area (Å²) in [6, 6.07) is 7.99. The zero-order chi connectivity index (χ0) is 19.3. The topological polar surface area (TPSA) is 134 Å². The highest BCUT2D eigenvalue weighted by molar-refractivity contribution is 5.94. The Bertz CT molecular complexity index is 867. The highest BCUT2D eigenvalue weighted by Gasteiger charge is 2.18. The molecular weight excluding hydrogens is 346 g/mol.